The van der Waals surface area contributed by atoms with Crippen LogP contribution in [0.2, 0.25) is 0 Å². The van der Waals surface area contributed by atoms with Crippen LogP contribution in [0.15, 0.2) is 53.6 Å². The highest BCUT2D eigenvalue weighted by Crippen LogP contribution is 2.16. The Morgan fingerprint density at radius 1 is 1.18 bits per heavy atom. The average molecular weight is 298 g/mol. The smallest absolute Gasteiger partial charge is 0.275 e. The Labute approximate surface area is 129 Å². The number of amides is 1. The summed E-state index contributed by atoms with van der Waals surface area (Å²) < 4.78 is 10.5. The maximum absolute atomic E-state index is 12.0. The van der Waals surface area contributed by atoms with E-state index in [1.165, 1.54) is 7.11 Å². The van der Waals surface area contributed by atoms with Gasteiger partial charge in [-0.25, -0.2) is 5.43 Å². The summed E-state index contributed by atoms with van der Waals surface area (Å²) in [6, 6.07) is 14.4. The van der Waals surface area contributed by atoms with Gasteiger partial charge in [0, 0.05) is 0 Å². The first-order valence-corrected chi connectivity index (χ1v) is 6.94. The first-order valence-electron chi connectivity index (χ1n) is 6.94. The molecule has 0 atom stereocenters. The maximum atomic E-state index is 12.0. The van der Waals surface area contributed by atoms with E-state index in [1.54, 1.807) is 30.5 Å². The Bertz CT molecular complexity index is 651. The van der Waals surface area contributed by atoms with Gasteiger partial charge in [0.25, 0.3) is 5.91 Å². The minimum Gasteiger partial charge on any atom is -0.496 e. The zero-order valence-electron chi connectivity index (χ0n) is 12.6. The van der Waals surface area contributed by atoms with Gasteiger partial charge in [0.1, 0.15) is 11.5 Å². The van der Waals surface area contributed by atoms with Crippen molar-refractivity contribution in [3.8, 4) is 11.5 Å². The molecule has 2 rings (SSSR count). The summed E-state index contributed by atoms with van der Waals surface area (Å²) in [6.45, 7) is 2.56. The van der Waals surface area contributed by atoms with Crippen molar-refractivity contribution in [2.45, 2.75) is 6.92 Å². The molecule has 0 fully saturated rings. The Kier molecular flexibility index (Phi) is 5.54. The summed E-state index contributed by atoms with van der Waals surface area (Å²) in [5, 5.41) is 3.95. The molecule has 0 heterocycles. The first kappa shape index (κ1) is 15.6. The molecule has 1 N–H and O–H groups in total. The summed E-state index contributed by atoms with van der Waals surface area (Å²) in [5.41, 5.74) is 3.78. The molecule has 0 aliphatic heterocycles. The third kappa shape index (κ3) is 4.09. The van der Waals surface area contributed by atoms with Gasteiger partial charge < -0.3 is 9.47 Å². The molecule has 0 aromatic heterocycles. The largest absolute Gasteiger partial charge is 0.496 e. The fourth-order valence-electron chi connectivity index (χ4n) is 1.87. The topological polar surface area (TPSA) is 59.9 Å². The molecule has 0 bridgehead atoms. The summed E-state index contributed by atoms with van der Waals surface area (Å²) in [4.78, 5) is 12.0. The molecule has 0 saturated heterocycles. The average Bonchev–Trinajstić information content (AvgIpc) is 2.56. The summed E-state index contributed by atoms with van der Waals surface area (Å²) in [7, 11) is 1.52. The lowest BCUT2D eigenvalue weighted by Crippen LogP contribution is -2.18. The molecular weight excluding hydrogens is 280 g/mol. The van der Waals surface area contributed by atoms with Crippen LogP contribution in [-0.4, -0.2) is 25.8 Å². The molecule has 5 nitrogen and oxygen atoms in total. The molecule has 0 unspecified atom stereocenters. The van der Waals surface area contributed by atoms with Crippen LogP contribution >= 0.6 is 0 Å². The van der Waals surface area contributed by atoms with Crippen LogP contribution in [0.25, 0.3) is 0 Å². The van der Waals surface area contributed by atoms with Crippen LogP contribution in [0.3, 0.4) is 0 Å². The van der Waals surface area contributed by atoms with Crippen molar-refractivity contribution in [2.75, 3.05) is 13.7 Å². The number of benzene rings is 2. The number of methoxy groups -OCH3 is 1. The van der Waals surface area contributed by atoms with E-state index in [2.05, 4.69) is 10.5 Å². The lowest BCUT2D eigenvalue weighted by molar-refractivity contribution is 0.0952. The quantitative estimate of drug-likeness (QED) is 0.659. The van der Waals surface area contributed by atoms with E-state index in [4.69, 9.17) is 9.47 Å². The number of nitrogens with one attached hydrogen (secondary N) is 1. The van der Waals surface area contributed by atoms with Gasteiger partial charge in [-0.1, -0.05) is 12.1 Å². The minimum absolute atomic E-state index is 0.320. The van der Waals surface area contributed by atoms with Crippen molar-refractivity contribution >= 4 is 12.1 Å². The number of carbonyl (C=O) groups is 1. The van der Waals surface area contributed by atoms with E-state index in [9.17, 15) is 4.79 Å². The van der Waals surface area contributed by atoms with Crippen molar-refractivity contribution in [1.29, 1.82) is 0 Å². The summed E-state index contributed by atoms with van der Waals surface area (Å²) >= 11 is 0. The molecular formula is C17H18N2O3. The highest BCUT2D eigenvalue weighted by atomic mass is 16.5. The van der Waals surface area contributed by atoms with Gasteiger partial charge in [0.15, 0.2) is 0 Å². The number of hydrogen-bond donors (Lipinski definition) is 1. The van der Waals surface area contributed by atoms with Gasteiger partial charge in [-0.2, -0.15) is 5.10 Å². The fraction of sp³-hybridized carbons (Fsp3) is 0.176. The molecule has 2 aromatic rings. The fourth-order valence-corrected chi connectivity index (χ4v) is 1.87. The Hall–Kier alpha value is -2.82. The Balaban J connectivity index is 1.98. The molecule has 0 saturated carbocycles. The Morgan fingerprint density at radius 3 is 2.59 bits per heavy atom. The second kappa shape index (κ2) is 7.83. The minimum atomic E-state index is -0.320. The van der Waals surface area contributed by atoms with E-state index < -0.39 is 0 Å². The van der Waals surface area contributed by atoms with Crippen molar-refractivity contribution in [1.82, 2.24) is 5.43 Å². The Morgan fingerprint density at radius 2 is 1.91 bits per heavy atom. The first-order chi connectivity index (χ1) is 10.7. The number of hydrazone groups is 1. The van der Waals surface area contributed by atoms with E-state index >= 15 is 0 Å². The number of carbonyl (C=O) groups excluding carboxylic acids is 1. The van der Waals surface area contributed by atoms with Crippen LogP contribution in [0.4, 0.5) is 0 Å². The molecule has 0 radical (unpaired) electrons. The number of nitrogens with zero attached hydrogens (tertiary/aromatic N) is 1. The van der Waals surface area contributed by atoms with E-state index in [1.807, 2.05) is 31.2 Å². The van der Waals surface area contributed by atoms with Crippen molar-refractivity contribution < 1.29 is 14.3 Å². The van der Waals surface area contributed by atoms with E-state index in [-0.39, 0.29) is 5.91 Å². The molecule has 0 spiro atoms. The second-order valence-corrected chi connectivity index (χ2v) is 4.40. The number of hydrogen-bond acceptors (Lipinski definition) is 4. The summed E-state index contributed by atoms with van der Waals surface area (Å²) in [6.07, 6.45) is 1.57. The maximum Gasteiger partial charge on any atom is 0.275 e. The number of rotatable bonds is 6. The highest BCUT2D eigenvalue weighted by molar-refractivity contribution is 5.97. The molecule has 2 aromatic carbocycles. The third-order valence-corrected chi connectivity index (χ3v) is 2.92. The monoisotopic (exact) mass is 298 g/mol. The third-order valence-electron chi connectivity index (χ3n) is 2.92. The van der Waals surface area contributed by atoms with Gasteiger partial charge in [0.05, 0.1) is 25.5 Å². The molecule has 5 heteroatoms. The van der Waals surface area contributed by atoms with Gasteiger partial charge >= 0.3 is 0 Å². The van der Waals surface area contributed by atoms with Crippen LogP contribution in [0.5, 0.6) is 11.5 Å². The van der Waals surface area contributed by atoms with Crippen LogP contribution in [0.1, 0.15) is 22.8 Å². The zero-order chi connectivity index (χ0) is 15.8. The predicted octanol–water partition coefficient (Wildman–Crippen LogP) is 2.86. The lowest BCUT2D eigenvalue weighted by Gasteiger charge is -2.06. The second-order valence-electron chi connectivity index (χ2n) is 4.40. The standard InChI is InChI=1S/C17H18N2O3/c1-3-22-14-10-8-13(9-11-14)12-18-19-17(20)15-6-4-5-7-16(15)21-2/h4-12H,3H2,1-2H3,(H,19,20). The van der Waals surface area contributed by atoms with E-state index in [0.29, 0.717) is 17.9 Å². The number of para-hydroxylation sites is 1. The van der Waals surface area contributed by atoms with Gasteiger partial charge in [0.2, 0.25) is 0 Å². The van der Waals surface area contributed by atoms with Crippen LogP contribution in [-0.2, 0) is 0 Å². The molecule has 0 aliphatic carbocycles. The molecule has 22 heavy (non-hydrogen) atoms. The number of ether oxygens (including phenoxy) is 2. The van der Waals surface area contributed by atoms with E-state index in [0.717, 1.165) is 11.3 Å². The molecule has 114 valence electrons. The lowest BCUT2D eigenvalue weighted by atomic mass is 10.2. The van der Waals surface area contributed by atoms with Crippen LogP contribution in [0, 0.1) is 0 Å². The highest BCUT2D eigenvalue weighted by Gasteiger charge is 2.09. The van der Waals surface area contributed by atoms with Crippen molar-refractivity contribution in [3.05, 3.63) is 59.7 Å². The SMILES string of the molecule is CCOc1ccc(C=NNC(=O)c2ccccc2OC)cc1. The molecule has 0 aliphatic rings. The van der Waals surface area contributed by atoms with Gasteiger partial charge in [-0.05, 0) is 48.9 Å². The van der Waals surface area contributed by atoms with Gasteiger partial charge in [-0.3, -0.25) is 4.79 Å². The van der Waals surface area contributed by atoms with Crippen LogP contribution < -0.4 is 14.9 Å². The predicted molar refractivity (Wildman–Crippen MR) is 85.7 cm³/mol. The van der Waals surface area contributed by atoms with Crippen molar-refractivity contribution in [2.24, 2.45) is 5.10 Å². The normalized spacial score (nSPS) is 10.5. The summed E-state index contributed by atoms with van der Waals surface area (Å²) in [5.74, 6) is 0.994. The molecule has 1 amide bonds. The van der Waals surface area contributed by atoms with Gasteiger partial charge in [-0.15, -0.1) is 0 Å². The van der Waals surface area contributed by atoms with Crippen molar-refractivity contribution in [3.63, 3.8) is 0 Å². The zero-order valence-corrected chi connectivity index (χ0v) is 12.6.